The van der Waals surface area contributed by atoms with Crippen molar-refractivity contribution in [3.05, 3.63) is 11.9 Å². The lowest BCUT2D eigenvalue weighted by Gasteiger charge is -2.23. The van der Waals surface area contributed by atoms with Crippen LogP contribution in [0.4, 0.5) is 0 Å². The van der Waals surface area contributed by atoms with E-state index in [1.165, 1.54) is 135 Å². The van der Waals surface area contributed by atoms with Gasteiger partial charge in [0.2, 0.25) is 0 Å². The van der Waals surface area contributed by atoms with Gasteiger partial charge < -0.3 is 30.1 Å². The van der Waals surface area contributed by atoms with Gasteiger partial charge in [-0.2, -0.15) is 0 Å². The van der Waals surface area contributed by atoms with Crippen LogP contribution < -0.4 is 10.6 Å². The summed E-state index contributed by atoms with van der Waals surface area (Å²) in [4.78, 5) is 26.4. The maximum atomic E-state index is 12.5. The zero-order valence-corrected chi connectivity index (χ0v) is 39.3. The zero-order chi connectivity index (χ0) is 42.6. The number of nitrogens with zero attached hydrogens (tertiary/aromatic N) is 1. The first kappa shape index (κ1) is 56.4. The van der Waals surface area contributed by atoms with Gasteiger partial charge in [-0.3, -0.25) is 9.59 Å². The number of ether oxygens (including phenoxy) is 2. The first-order chi connectivity index (χ1) is 28.4. The molecule has 0 aliphatic rings. The first-order valence-corrected chi connectivity index (χ1v) is 25.3. The van der Waals surface area contributed by atoms with Gasteiger partial charge in [0.1, 0.15) is 6.10 Å². The summed E-state index contributed by atoms with van der Waals surface area (Å²) in [6.45, 7) is 12.9. The molecule has 0 saturated carbocycles. The van der Waals surface area contributed by atoms with E-state index in [0.29, 0.717) is 12.1 Å². The average molecular weight is 822 g/mol. The van der Waals surface area contributed by atoms with E-state index < -0.39 is 6.29 Å². The van der Waals surface area contributed by atoms with Crippen molar-refractivity contribution in [3.63, 3.8) is 0 Å². The number of unbranched alkanes of at least 4 members (excludes halogenated alkanes) is 22. The van der Waals surface area contributed by atoms with Gasteiger partial charge in [0.25, 0.3) is 0 Å². The summed E-state index contributed by atoms with van der Waals surface area (Å²) in [7, 11) is 1.80. The van der Waals surface area contributed by atoms with Crippen LogP contribution in [0.15, 0.2) is 11.9 Å². The molecule has 0 fully saturated rings. The second-order valence-electron chi connectivity index (χ2n) is 17.3. The highest BCUT2D eigenvalue weighted by Crippen LogP contribution is 2.20. The number of nitrogens with one attached hydrogen (secondary N) is 2. The van der Waals surface area contributed by atoms with Gasteiger partial charge in [0, 0.05) is 26.2 Å². The maximum Gasteiger partial charge on any atom is 0.306 e. The van der Waals surface area contributed by atoms with Crippen molar-refractivity contribution >= 4 is 12.3 Å². The van der Waals surface area contributed by atoms with Crippen LogP contribution in [-0.4, -0.2) is 74.0 Å². The fraction of sp³-hybridized carbons (Fsp3) is 0.920. The van der Waals surface area contributed by atoms with E-state index in [9.17, 15) is 14.7 Å². The van der Waals surface area contributed by atoms with E-state index in [1.807, 2.05) is 0 Å². The third-order valence-electron chi connectivity index (χ3n) is 11.7. The molecule has 3 atom stereocenters. The van der Waals surface area contributed by atoms with Crippen molar-refractivity contribution < 1.29 is 24.2 Å². The van der Waals surface area contributed by atoms with Crippen molar-refractivity contribution in [2.24, 2.45) is 0 Å². The molecule has 8 heteroatoms. The Morgan fingerprint density at radius 2 is 1.00 bits per heavy atom. The average Bonchev–Trinajstić information content (AvgIpc) is 3.22. The van der Waals surface area contributed by atoms with Gasteiger partial charge in [0.15, 0.2) is 12.6 Å². The minimum absolute atomic E-state index is 0.0135. The smallest absolute Gasteiger partial charge is 0.306 e. The van der Waals surface area contributed by atoms with Gasteiger partial charge in [-0.1, -0.05) is 169 Å². The Morgan fingerprint density at radius 1 is 0.569 bits per heavy atom. The standard InChI is InChI=1S/C50H99N3O5/c1-6-10-13-16-21-27-35-47(9-4)57-49(55)38-30-23-18-25-32-41-53(43-34-40-52-46(45-54)44-51-5)42-33-26-19-24-31-39-50(56)58-48(36-28-20-15-12-8-3)37-29-22-17-14-11-7-2/h44-45,47-48,50-52,56H,6-43H2,1-5H3/b46-44-. The number of aldehydes is 1. The Balaban J connectivity index is 4.50. The van der Waals surface area contributed by atoms with Crippen molar-refractivity contribution in [2.75, 3.05) is 33.2 Å². The summed E-state index contributed by atoms with van der Waals surface area (Å²) in [5.41, 5.74) is 0.590. The molecule has 0 spiro atoms. The molecule has 0 amide bonds. The van der Waals surface area contributed by atoms with E-state index >= 15 is 0 Å². The maximum absolute atomic E-state index is 12.5. The normalized spacial score (nSPS) is 13.5. The number of hydrogen-bond acceptors (Lipinski definition) is 8. The summed E-state index contributed by atoms with van der Waals surface area (Å²) >= 11 is 0. The molecule has 58 heavy (non-hydrogen) atoms. The minimum atomic E-state index is -0.630. The number of hydrogen-bond donors (Lipinski definition) is 3. The molecule has 3 N–H and O–H groups in total. The quantitative estimate of drug-likeness (QED) is 0.0183. The van der Waals surface area contributed by atoms with E-state index in [2.05, 4.69) is 43.2 Å². The summed E-state index contributed by atoms with van der Waals surface area (Å²) in [6.07, 6.45) is 41.7. The van der Waals surface area contributed by atoms with E-state index in [0.717, 1.165) is 110 Å². The van der Waals surface area contributed by atoms with Gasteiger partial charge in [0.05, 0.1) is 11.8 Å². The predicted molar refractivity (Wildman–Crippen MR) is 248 cm³/mol. The van der Waals surface area contributed by atoms with Crippen LogP contribution >= 0.6 is 0 Å². The lowest BCUT2D eigenvalue weighted by atomic mass is 10.0. The Labute approximate surface area is 360 Å². The predicted octanol–water partition coefficient (Wildman–Crippen LogP) is 13.1. The Bertz CT molecular complexity index is 902. The van der Waals surface area contributed by atoms with Crippen molar-refractivity contribution in [2.45, 2.75) is 265 Å². The van der Waals surface area contributed by atoms with Crippen LogP contribution in [0.5, 0.6) is 0 Å². The monoisotopic (exact) mass is 822 g/mol. The van der Waals surface area contributed by atoms with E-state index in [4.69, 9.17) is 9.47 Å². The van der Waals surface area contributed by atoms with Crippen LogP contribution in [0, 0.1) is 0 Å². The van der Waals surface area contributed by atoms with Gasteiger partial charge in [-0.05, 0) is 90.3 Å². The Morgan fingerprint density at radius 3 is 1.48 bits per heavy atom. The molecule has 0 heterocycles. The van der Waals surface area contributed by atoms with Gasteiger partial charge in [-0.15, -0.1) is 0 Å². The lowest BCUT2D eigenvalue weighted by molar-refractivity contribution is -0.149. The van der Waals surface area contributed by atoms with Crippen LogP contribution in [-0.2, 0) is 19.1 Å². The molecule has 0 aromatic carbocycles. The molecule has 0 aliphatic heterocycles. The highest BCUT2D eigenvalue weighted by Gasteiger charge is 2.15. The number of carbonyl (C=O) groups is 2. The summed E-state index contributed by atoms with van der Waals surface area (Å²) in [6, 6.07) is 0. The number of carbonyl (C=O) groups excluding carboxylic acids is 2. The fourth-order valence-corrected chi connectivity index (χ4v) is 7.91. The van der Waals surface area contributed by atoms with E-state index in [-0.39, 0.29) is 18.2 Å². The summed E-state index contributed by atoms with van der Waals surface area (Å²) in [5, 5.41) is 16.9. The highest BCUT2D eigenvalue weighted by atomic mass is 16.6. The van der Waals surface area contributed by atoms with Crippen molar-refractivity contribution in [3.8, 4) is 0 Å². The number of aliphatic hydroxyl groups excluding tert-OH is 1. The number of esters is 1. The summed E-state index contributed by atoms with van der Waals surface area (Å²) in [5.74, 6) is -0.0135. The second kappa shape index (κ2) is 44.9. The third kappa shape index (κ3) is 38.6. The zero-order valence-electron chi connectivity index (χ0n) is 39.3. The molecule has 0 aromatic rings. The molecule has 0 aliphatic carbocycles. The van der Waals surface area contributed by atoms with Crippen LogP contribution in [0.2, 0.25) is 0 Å². The number of aliphatic hydroxyl groups is 1. The lowest BCUT2D eigenvalue weighted by Crippen LogP contribution is -2.30. The fourth-order valence-electron chi connectivity index (χ4n) is 7.91. The SMILES string of the molecule is CCCCCCCCC(CC)OC(=O)CCCCCCCN(CCCCCCCC(O)OC(CCCCCCC)CCCCCCCC)CCCN/C(C=O)=C\NC. The molecule has 0 radical (unpaired) electrons. The topological polar surface area (TPSA) is 100 Å². The molecule has 3 unspecified atom stereocenters. The molecule has 0 saturated heterocycles. The molecule has 344 valence electrons. The molecule has 8 nitrogen and oxygen atoms in total. The molecule has 0 aromatic heterocycles. The van der Waals surface area contributed by atoms with Crippen LogP contribution in [0.1, 0.15) is 246 Å². The van der Waals surface area contributed by atoms with E-state index in [1.54, 1.807) is 13.2 Å². The third-order valence-corrected chi connectivity index (χ3v) is 11.7. The van der Waals surface area contributed by atoms with Crippen molar-refractivity contribution in [1.29, 1.82) is 0 Å². The number of allylic oxidation sites excluding steroid dienone is 1. The molecular formula is C50H99N3O5. The largest absolute Gasteiger partial charge is 0.462 e. The van der Waals surface area contributed by atoms with Crippen LogP contribution in [0.3, 0.4) is 0 Å². The second-order valence-corrected chi connectivity index (χ2v) is 17.3. The molecule has 0 rings (SSSR count). The van der Waals surface area contributed by atoms with Crippen molar-refractivity contribution in [1.82, 2.24) is 15.5 Å². The highest BCUT2D eigenvalue weighted by molar-refractivity contribution is 5.71. The van der Waals surface area contributed by atoms with Gasteiger partial charge >= 0.3 is 5.97 Å². The van der Waals surface area contributed by atoms with Gasteiger partial charge in [-0.25, -0.2) is 0 Å². The Hall–Kier alpha value is -1.64. The Kier molecular flexibility index (Phi) is 43.6. The van der Waals surface area contributed by atoms with Crippen LogP contribution in [0.25, 0.3) is 0 Å². The minimum Gasteiger partial charge on any atom is -0.462 e. The summed E-state index contributed by atoms with van der Waals surface area (Å²) < 4.78 is 12.1. The number of rotatable bonds is 47. The molecule has 0 bridgehead atoms. The molecular weight excluding hydrogens is 723 g/mol. The first-order valence-electron chi connectivity index (χ1n) is 25.3.